The highest BCUT2D eigenvalue weighted by Gasteiger charge is 2.23. The Kier molecular flexibility index (Phi) is 5.47. The van der Waals surface area contributed by atoms with Crippen LogP contribution in [-0.2, 0) is 9.59 Å². The lowest BCUT2D eigenvalue weighted by molar-refractivity contribution is -0.137. The summed E-state index contributed by atoms with van der Waals surface area (Å²) in [5, 5.41) is 9.04. The van der Waals surface area contributed by atoms with E-state index in [0.717, 1.165) is 30.2 Å². The number of benzene rings is 1. The molecular formula is C15H19NO3S. The molecule has 0 unspecified atom stereocenters. The second-order valence-corrected chi connectivity index (χ2v) is 6.13. The first kappa shape index (κ1) is 14.9. The van der Waals surface area contributed by atoms with Crippen molar-refractivity contribution in [3.8, 4) is 0 Å². The second kappa shape index (κ2) is 7.33. The molecule has 0 radical (unpaired) electrons. The molecule has 0 aliphatic carbocycles. The third-order valence-corrected chi connectivity index (χ3v) is 4.42. The van der Waals surface area contributed by atoms with Crippen LogP contribution in [0.15, 0.2) is 30.3 Å². The molecule has 5 heteroatoms. The van der Waals surface area contributed by atoms with E-state index in [9.17, 15) is 9.59 Å². The van der Waals surface area contributed by atoms with Crippen LogP contribution < -0.4 is 0 Å². The monoisotopic (exact) mass is 293 g/mol. The fourth-order valence-corrected chi connectivity index (χ4v) is 3.30. The van der Waals surface area contributed by atoms with Crippen LogP contribution in [0.4, 0.5) is 0 Å². The number of thioether (sulfide) groups is 1. The quantitative estimate of drug-likeness (QED) is 0.904. The first-order valence-electron chi connectivity index (χ1n) is 6.79. The molecule has 1 fully saturated rings. The van der Waals surface area contributed by atoms with E-state index in [-0.39, 0.29) is 24.7 Å². The number of amides is 1. The number of aliphatic carboxylic acids is 1. The Hall–Kier alpha value is -1.49. The van der Waals surface area contributed by atoms with Gasteiger partial charge in [-0.3, -0.25) is 9.59 Å². The molecule has 1 heterocycles. The average Bonchev–Trinajstić information content (AvgIpc) is 2.48. The number of nitrogens with zero attached hydrogens (tertiary/aromatic N) is 1. The molecule has 0 aromatic heterocycles. The molecule has 108 valence electrons. The van der Waals surface area contributed by atoms with E-state index in [1.807, 2.05) is 47.0 Å². The van der Waals surface area contributed by atoms with Gasteiger partial charge >= 0.3 is 5.97 Å². The van der Waals surface area contributed by atoms with Crippen molar-refractivity contribution in [3.63, 3.8) is 0 Å². The van der Waals surface area contributed by atoms with Crippen molar-refractivity contribution in [2.24, 2.45) is 0 Å². The van der Waals surface area contributed by atoms with Crippen LogP contribution in [0.1, 0.15) is 24.3 Å². The van der Waals surface area contributed by atoms with Crippen LogP contribution in [0.25, 0.3) is 0 Å². The highest BCUT2D eigenvalue weighted by atomic mass is 32.2. The van der Waals surface area contributed by atoms with E-state index in [4.69, 9.17) is 5.11 Å². The molecule has 0 bridgehead atoms. The van der Waals surface area contributed by atoms with Gasteiger partial charge in [-0.15, -0.1) is 0 Å². The van der Waals surface area contributed by atoms with Crippen molar-refractivity contribution in [1.82, 2.24) is 4.90 Å². The Labute approximate surface area is 123 Å². The van der Waals surface area contributed by atoms with Gasteiger partial charge in [0.05, 0.1) is 6.42 Å². The molecule has 0 saturated carbocycles. The summed E-state index contributed by atoms with van der Waals surface area (Å²) in [7, 11) is 0. The minimum Gasteiger partial charge on any atom is -0.481 e. The molecule has 1 aromatic carbocycles. The minimum atomic E-state index is -0.860. The summed E-state index contributed by atoms with van der Waals surface area (Å²) in [5.74, 6) is 0.915. The number of carboxylic acid groups (broad SMARTS) is 1. The molecule has 1 aliphatic rings. The number of hydrogen-bond acceptors (Lipinski definition) is 3. The summed E-state index contributed by atoms with van der Waals surface area (Å²) in [6, 6.07) is 9.45. The number of carbonyl (C=O) groups excluding carboxylic acids is 1. The fourth-order valence-electron chi connectivity index (χ4n) is 2.40. The van der Waals surface area contributed by atoms with Crippen LogP contribution in [0.5, 0.6) is 0 Å². The van der Waals surface area contributed by atoms with Gasteiger partial charge in [-0.25, -0.2) is 0 Å². The van der Waals surface area contributed by atoms with E-state index in [1.165, 1.54) is 0 Å². The standard InChI is InChI=1S/C15H19NO3S/c17-14(16-6-8-20-9-7-16)10-13(11-15(18)19)12-4-2-1-3-5-12/h1-5,13H,6-11H2,(H,18,19)/t13-/m1/s1. The summed E-state index contributed by atoms with van der Waals surface area (Å²) < 4.78 is 0. The molecule has 4 nitrogen and oxygen atoms in total. The average molecular weight is 293 g/mol. The highest BCUT2D eigenvalue weighted by molar-refractivity contribution is 7.99. The van der Waals surface area contributed by atoms with Crippen LogP contribution in [0.3, 0.4) is 0 Å². The van der Waals surface area contributed by atoms with Crippen molar-refractivity contribution in [3.05, 3.63) is 35.9 Å². The van der Waals surface area contributed by atoms with Crippen LogP contribution in [0.2, 0.25) is 0 Å². The molecule has 1 aliphatic heterocycles. The molecule has 0 spiro atoms. The van der Waals surface area contributed by atoms with Gasteiger partial charge in [0.25, 0.3) is 0 Å². The van der Waals surface area contributed by atoms with Crippen LogP contribution in [0, 0.1) is 0 Å². The molecule has 1 aromatic rings. The van der Waals surface area contributed by atoms with Crippen LogP contribution in [-0.4, -0.2) is 46.5 Å². The Morgan fingerprint density at radius 2 is 1.80 bits per heavy atom. The number of carboxylic acids is 1. The van der Waals surface area contributed by atoms with Gasteiger partial charge in [0.2, 0.25) is 5.91 Å². The summed E-state index contributed by atoms with van der Waals surface area (Å²) in [4.78, 5) is 25.2. The largest absolute Gasteiger partial charge is 0.481 e. The minimum absolute atomic E-state index is 0.00164. The predicted octanol–water partition coefficient (Wildman–Crippen LogP) is 2.21. The van der Waals surface area contributed by atoms with Crippen molar-refractivity contribution < 1.29 is 14.7 Å². The van der Waals surface area contributed by atoms with Gasteiger partial charge in [0, 0.05) is 36.9 Å². The summed E-state index contributed by atoms with van der Waals surface area (Å²) in [6.07, 6.45) is 0.277. The fraction of sp³-hybridized carbons (Fsp3) is 0.467. The Morgan fingerprint density at radius 3 is 2.40 bits per heavy atom. The van der Waals surface area contributed by atoms with Gasteiger partial charge < -0.3 is 10.0 Å². The first-order valence-corrected chi connectivity index (χ1v) is 7.94. The molecule has 1 saturated heterocycles. The SMILES string of the molecule is O=C(O)C[C@@H](CC(=O)N1CCSCC1)c1ccccc1. The van der Waals surface area contributed by atoms with Gasteiger partial charge in [-0.1, -0.05) is 30.3 Å². The van der Waals surface area contributed by atoms with Gasteiger partial charge in [-0.05, 0) is 5.56 Å². The number of rotatable bonds is 5. The normalized spacial score (nSPS) is 16.7. The zero-order valence-corrected chi connectivity index (χ0v) is 12.1. The number of carbonyl (C=O) groups is 2. The van der Waals surface area contributed by atoms with E-state index >= 15 is 0 Å². The van der Waals surface area contributed by atoms with Crippen molar-refractivity contribution in [2.45, 2.75) is 18.8 Å². The maximum absolute atomic E-state index is 12.3. The maximum Gasteiger partial charge on any atom is 0.303 e. The first-order chi connectivity index (χ1) is 9.66. The highest BCUT2D eigenvalue weighted by Crippen LogP contribution is 2.25. The van der Waals surface area contributed by atoms with Crippen molar-refractivity contribution >= 4 is 23.6 Å². The molecule has 1 N–H and O–H groups in total. The van der Waals surface area contributed by atoms with Crippen molar-refractivity contribution in [1.29, 1.82) is 0 Å². The summed E-state index contributed by atoms with van der Waals surface area (Å²) >= 11 is 1.85. The second-order valence-electron chi connectivity index (χ2n) is 4.90. The summed E-state index contributed by atoms with van der Waals surface area (Å²) in [5.41, 5.74) is 0.926. The topological polar surface area (TPSA) is 57.6 Å². The van der Waals surface area contributed by atoms with E-state index < -0.39 is 5.97 Å². The summed E-state index contributed by atoms with van der Waals surface area (Å²) in [6.45, 7) is 1.55. The molecule has 1 amide bonds. The lowest BCUT2D eigenvalue weighted by Gasteiger charge is -2.28. The predicted molar refractivity (Wildman–Crippen MR) is 80.0 cm³/mol. The third kappa shape index (κ3) is 4.27. The van der Waals surface area contributed by atoms with E-state index in [1.54, 1.807) is 0 Å². The third-order valence-electron chi connectivity index (χ3n) is 3.48. The molecule has 1 atom stereocenters. The maximum atomic E-state index is 12.3. The van der Waals surface area contributed by atoms with Crippen LogP contribution >= 0.6 is 11.8 Å². The molecular weight excluding hydrogens is 274 g/mol. The van der Waals surface area contributed by atoms with Gasteiger partial charge in [0.1, 0.15) is 0 Å². The van der Waals surface area contributed by atoms with Gasteiger partial charge in [0.15, 0.2) is 0 Å². The molecule has 2 rings (SSSR count). The Bertz CT molecular complexity index is 457. The Balaban J connectivity index is 2.03. The number of hydrogen-bond donors (Lipinski definition) is 1. The van der Waals surface area contributed by atoms with Crippen molar-refractivity contribution in [2.75, 3.05) is 24.6 Å². The molecule has 20 heavy (non-hydrogen) atoms. The zero-order chi connectivity index (χ0) is 14.4. The van der Waals surface area contributed by atoms with E-state index in [2.05, 4.69) is 0 Å². The zero-order valence-electron chi connectivity index (χ0n) is 11.3. The van der Waals surface area contributed by atoms with E-state index in [0.29, 0.717) is 0 Å². The lowest BCUT2D eigenvalue weighted by Crippen LogP contribution is -2.38. The lowest BCUT2D eigenvalue weighted by atomic mass is 9.92. The smallest absolute Gasteiger partial charge is 0.303 e. The van der Waals surface area contributed by atoms with Gasteiger partial charge in [-0.2, -0.15) is 11.8 Å². The Morgan fingerprint density at radius 1 is 1.15 bits per heavy atom.